The summed E-state index contributed by atoms with van der Waals surface area (Å²) < 4.78 is 26.8. The van der Waals surface area contributed by atoms with E-state index in [2.05, 4.69) is 10.5 Å². The first kappa shape index (κ1) is 22.5. The van der Waals surface area contributed by atoms with Crippen molar-refractivity contribution >= 4 is 5.91 Å². The summed E-state index contributed by atoms with van der Waals surface area (Å²) in [6, 6.07) is 13.1. The van der Waals surface area contributed by atoms with Crippen LogP contribution in [0, 0.1) is 0 Å². The average molecular weight is 453 g/mol. The Labute approximate surface area is 192 Å². The van der Waals surface area contributed by atoms with Crippen molar-refractivity contribution in [3.8, 4) is 34.3 Å². The fourth-order valence-corrected chi connectivity index (χ4v) is 3.88. The van der Waals surface area contributed by atoms with E-state index in [9.17, 15) is 4.79 Å². The molecule has 0 atom stereocenters. The smallest absolute Gasteiger partial charge is 0.232 e. The highest BCUT2D eigenvalue weighted by molar-refractivity contribution is 5.91. The molecule has 0 spiro atoms. The van der Waals surface area contributed by atoms with E-state index in [1.807, 2.05) is 42.5 Å². The Morgan fingerprint density at radius 1 is 0.909 bits per heavy atom. The zero-order chi connectivity index (χ0) is 23.4. The second-order valence-electron chi connectivity index (χ2n) is 7.92. The fourth-order valence-electron chi connectivity index (χ4n) is 3.88. The summed E-state index contributed by atoms with van der Waals surface area (Å²) in [5.41, 5.74) is 1.87. The van der Waals surface area contributed by atoms with Crippen LogP contribution in [-0.4, -0.2) is 46.0 Å². The van der Waals surface area contributed by atoms with Gasteiger partial charge >= 0.3 is 0 Å². The van der Waals surface area contributed by atoms with E-state index in [1.165, 1.54) is 0 Å². The molecule has 0 saturated heterocycles. The fraction of sp³-hybridized carbons (Fsp3) is 0.360. The van der Waals surface area contributed by atoms with Crippen molar-refractivity contribution in [3.05, 3.63) is 53.7 Å². The van der Waals surface area contributed by atoms with Crippen LogP contribution in [0.1, 0.15) is 24.1 Å². The van der Waals surface area contributed by atoms with Gasteiger partial charge in [0, 0.05) is 18.2 Å². The molecule has 0 radical (unpaired) electrons. The lowest BCUT2D eigenvalue weighted by Crippen LogP contribution is -2.36. The van der Waals surface area contributed by atoms with Gasteiger partial charge in [-0.1, -0.05) is 11.2 Å². The molecule has 1 saturated carbocycles. The number of nitrogens with zero attached hydrogens (tertiary/aromatic N) is 1. The molecule has 1 heterocycles. The van der Waals surface area contributed by atoms with Crippen LogP contribution in [0.4, 0.5) is 0 Å². The molecule has 1 N–H and O–H groups in total. The van der Waals surface area contributed by atoms with Crippen LogP contribution in [0.2, 0.25) is 0 Å². The van der Waals surface area contributed by atoms with Crippen molar-refractivity contribution in [1.29, 1.82) is 0 Å². The van der Waals surface area contributed by atoms with Gasteiger partial charge in [-0.2, -0.15) is 0 Å². The summed E-state index contributed by atoms with van der Waals surface area (Å²) in [5, 5.41) is 7.27. The van der Waals surface area contributed by atoms with Gasteiger partial charge in [-0.15, -0.1) is 0 Å². The first-order valence-corrected chi connectivity index (χ1v) is 10.7. The summed E-state index contributed by atoms with van der Waals surface area (Å²) in [7, 11) is 6.38. The van der Waals surface area contributed by atoms with Gasteiger partial charge in [0.25, 0.3) is 0 Å². The molecule has 4 rings (SSSR count). The van der Waals surface area contributed by atoms with Gasteiger partial charge in [0.15, 0.2) is 28.8 Å². The van der Waals surface area contributed by atoms with Gasteiger partial charge < -0.3 is 28.8 Å². The van der Waals surface area contributed by atoms with Crippen LogP contribution in [-0.2, 0) is 16.6 Å². The van der Waals surface area contributed by atoms with Crippen LogP contribution in [0.3, 0.4) is 0 Å². The maximum atomic E-state index is 13.0. The van der Waals surface area contributed by atoms with E-state index in [-0.39, 0.29) is 5.91 Å². The van der Waals surface area contributed by atoms with Gasteiger partial charge in [-0.05, 0) is 55.2 Å². The molecule has 1 amide bonds. The molecule has 8 heteroatoms. The Hall–Kier alpha value is -3.68. The SMILES string of the molecule is COc1ccc(CCNC(=O)C2(c3cc(-c4ccc(OC)c(OC)c4)on3)CC2)cc1OC. The number of benzene rings is 2. The normalized spacial score (nSPS) is 13.8. The zero-order valence-electron chi connectivity index (χ0n) is 19.3. The van der Waals surface area contributed by atoms with Gasteiger partial charge in [0.1, 0.15) is 0 Å². The summed E-state index contributed by atoms with van der Waals surface area (Å²) in [4.78, 5) is 13.0. The Balaban J connectivity index is 1.41. The van der Waals surface area contributed by atoms with Crippen molar-refractivity contribution in [3.63, 3.8) is 0 Å². The maximum absolute atomic E-state index is 13.0. The summed E-state index contributed by atoms with van der Waals surface area (Å²) >= 11 is 0. The number of aromatic nitrogens is 1. The molecule has 2 aromatic carbocycles. The maximum Gasteiger partial charge on any atom is 0.232 e. The minimum absolute atomic E-state index is 0.0323. The lowest BCUT2D eigenvalue weighted by molar-refractivity contribution is -0.123. The largest absolute Gasteiger partial charge is 0.493 e. The van der Waals surface area contributed by atoms with Crippen molar-refractivity contribution in [2.45, 2.75) is 24.7 Å². The number of ether oxygens (including phenoxy) is 4. The number of rotatable bonds is 10. The van der Waals surface area contributed by atoms with E-state index in [1.54, 1.807) is 28.4 Å². The molecule has 1 aliphatic rings. The number of nitrogens with one attached hydrogen (secondary N) is 1. The highest BCUT2D eigenvalue weighted by atomic mass is 16.5. The van der Waals surface area contributed by atoms with Crippen LogP contribution >= 0.6 is 0 Å². The molecule has 3 aromatic rings. The quantitative estimate of drug-likeness (QED) is 0.501. The summed E-state index contributed by atoms with van der Waals surface area (Å²) in [6.07, 6.45) is 2.16. The van der Waals surface area contributed by atoms with Crippen molar-refractivity contribution in [1.82, 2.24) is 10.5 Å². The molecular formula is C25H28N2O6. The van der Waals surface area contributed by atoms with E-state index in [0.29, 0.717) is 47.4 Å². The summed E-state index contributed by atoms with van der Waals surface area (Å²) in [6.45, 7) is 0.510. The number of methoxy groups -OCH3 is 4. The molecule has 33 heavy (non-hydrogen) atoms. The first-order chi connectivity index (χ1) is 16.0. The second-order valence-corrected chi connectivity index (χ2v) is 7.92. The molecule has 8 nitrogen and oxygen atoms in total. The Kier molecular flexibility index (Phi) is 6.44. The number of carbonyl (C=O) groups excluding carboxylic acids is 1. The van der Waals surface area contributed by atoms with E-state index < -0.39 is 5.41 Å². The number of hydrogen-bond donors (Lipinski definition) is 1. The number of amides is 1. The Morgan fingerprint density at radius 3 is 2.18 bits per heavy atom. The van der Waals surface area contributed by atoms with E-state index in [4.69, 9.17) is 23.5 Å². The van der Waals surface area contributed by atoms with Crippen molar-refractivity contribution in [2.24, 2.45) is 0 Å². The highest BCUT2D eigenvalue weighted by Crippen LogP contribution is 2.48. The monoisotopic (exact) mass is 452 g/mol. The molecule has 174 valence electrons. The van der Waals surface area contributed by atoms with Crippen LogP contribution in [0.25, 0.3) is 11.3 Å². The minimum Gasteiger partial charge on any atom is -0.493 e. The second kappa shape index (κ2) is 9.44. The predicted octanol–water partition coefficient (Wildman–Crippen LogP) is 3.77. The van der Waals surface area contributed by atoms with Crippen LogP contribution in [0.15, 0.2) is 47.0 Å². The van der Waals surface area contributed by atoms with Crippen molar-refractivity contribution < 1.29 is 28.3 Å². The third kappa shape index (κ3) is 4.46. The minimum atomic E-state index is -0.629. The van der Waals surface area contributed by atoms with Gasteiger partial charge in [-0.25, -0.2) is 0 Å². The van der Waals surface area contributed by atoms with Gasteiger partial charge in [0.2, 0.25) is 5.91 Å². The lowest BCUT2D eigenvalue weighted by Gasteiger charge is -2.13. The number of carbonyl (C=O) groups is 1. The lowest BCUT2D eigenvalue weighted by atomic mass is 10.00. The van der Waals surface area contributed by atoms with Gasteiger partial charge in [0.05, 0.1) is 39.5 Å². The highest BCUT2D eigenvalue weighted by Gasteiger charge is 2.53. The molecule has 1 aromatic heterocycles. The third-order valence-electron chi connectivity index (χ3n) is 6.00. The van der Waals surface area contributed by atoms with Crippen molar-refractivity contribution in [2.75, 3.05) is 35.0 Å². The third-order valence-corrected chi connectivity index (χ3v) is 6.00. The van der Waals surface area contributed by atoms with Gasteiger partial charge in [-0.3, -0.25) is 4.79 Å². The molecular weight excluding hydrogens is 424 g/mol. The predicted molar refractivity (Wildman–Crippen MR) is 122 cm³/mol. The average Bonchev–Trinajstić information content (AvgIpc) is 3.52. The molecule has 0 unspecified atom stereocenters. The van der Waals surface area contributed by atoms with Crippen LogP contribution < -0.4 is 24.3 Å². The Morgan fingerprint density at radius 2 is 1.55 bits per heavy atom. The first-order valence-electron chi connectivity index (χ1n) is 10.7. The summed E-state index contributed by atoms with van der Waals surface area (Å²) in [5.74, 6) is 3.13. The molecule has 0 aliphatic heterocycles. The molecule has 1 fully saturated rings. The molecule has 1 aliphatic carbocycles. The van der Waals surface area contributed by atoms with E-state index >= 15 is 0 Å². The number of hydrogen-bond acceptors (Lipinski definition) is 7. The molecule has 0 bridgehead atoms. The standard InChI is InChI=1S/C25H28N2O6/c1-29-18-7-5-16(13-21(18)31-3)9-12-26-24(28)25(10-11-25)23-15-20(33-27-23)17-6-8-19(30-2)22(14-17)32-4/h5-8,13-15H,9-12H2,1-4H3,(H,26,28). The Bertz CT molecular complexity index is 1140. The zero-order valence-corrected chi connectivity index (χ0v) is 19.3. The topological polar surface area (TPSA) is 92.1 Å². The van der Waals surface area contributed by atoms with Crippen LogP contribution in [0.5, 0.6) is 23.0 Å². The van der Waals surface area contributed by atoms with E-state index in [0.717, 1.165) is 24.0 Å².